The molecule has 152 valence electrons. The molecule has 0 unspecified atom stereocenters. The zero-order valence-corrected chi connectivity index (χ0v) is 17.0. The molecule has 0 bridgehead atoms. The molecule has 1 aromatic carbocycles. The fourth-order valence-corrected chi connectivity index (χ4v) is 5.94. The average Bonchev–Trinajstić information content (AvgIpc) is 2.70. The molecule has 0 spiro atoms. The van der Waals surface area contributed by atoms with Gasteiger partial charge in [0.1, 0.15) is 0 Å². The van der Waals surface area contributed by atoms with Gasteiger partial charge in [-0.3, -0.25) is 14.5 Å². The Bertz CT molecular complexity index is 690. The van der Waals surface area contributed by atoms with E-state index in [9.17, 15) is 9.59 Å². The summed E-state index contributed by atoms with van der Waals surface area (Å²) < 4.78 is 0. The van der Waals surface area contributed by atoms with Gasteiger partial charge in [0.25, 0.3) is 0 Å². The van der Waals surface area contributed by atoms with Gasteiger partial charge in [0.2, 0.25) is 11.8 Å². The van der Waals surface area contributed by atoms with Crippen LogP contribution in [-0.2, 0) is 9.59 Å². The van der Waals surface area contributed by atoms with Gasteiger partial charge in [0.05, 0.1) is 0 Å². The van der Waals surface area contributed by atoms with Crippen molar-refractivity contribution in [3.63, 3.8) is 0 Å². The fraction of sp³-hybridized carbons (Fsp3) is 0.652. The van der Waals surface area contributed by atoms with Gasteiger partial charge in [-0.15, -0.1) is 0 Å². The third kappa shape index (κ3) is 4.09. The lowest BCUT2D eigenvalue weighted by Crippen LogP contribution is -2.65. The molecule has 1 aromatic rings. The van der Waals surface area contributed by atoms with E-state index >= 15 is 0 Å². The number of piperidine rings is 3. The topological polar surface area (TPSA) is 52.7 Å². The highest BCUT2D eigenvalue weighted by atomic mass is 16.2. The minimum absolute atomic E-state index is 0.0669. The summed E-state index contributed by atoms with van der Waals surface area (Å²) in [7, 11) is 0. The zero-order chi connectivity index (χ0) is 19.5. The van der Waals surface area contributed by atoms with Crippen molar-refractivity contribution in [2.24, 2.45) is 11.8 Å². The fourth-order valence-electron chi connectivity index (χ4n) is 5.94. The van der Waals surface area contributed by atoms with E-state index in [4.69, 9.17) is 0 Å². The Kier molecular flexibility index (Phi) is 6.00. The number of hydrogen-bond acceptors (Lipinski definition) is 3. The molecule has 4 rings (SSSR count). The molecule has 0 radical (unpaired) electrons. The largest absolute Gasteiger partial charge is 0.339 e. The summed E-state index contributed by atoms with van der Waals surface area (Å²) in [6.45, 7) is 5.08. The van der Waals surface area contributed by atoms with Gasteiger partial charge < -0.3 is 10.2 Å². The summed E-state index contributed by atoms with van der Waals surface area (Å²) in [6, 6.07) is 10.6. The maximum Gasteiger partial charge on any atom is 0.224 e. The van der Waals surface area contributed by atoms with Crippen LogP contribution in [0.4, 0.5) is 5.69 Å². The number of nitrogens with zero attached hydrogens (tertiary/aromatic N) is 2. The number of hydrogen-bond donors (Lipinski definition) is 1. The third-order valence-electron chi connectivity index (χ3n) is 7.04. The second kappa shape index (κ2) is 8.64. The Morgan fingerprint density at radius 2 is 1.86 bits per heavy atom. The molecule has 3 aliphatic heterocycles. The first kappa shape index (κ1) is 19.4. The van der Waals surface area contributed by atoms with Gasteiger partial charge in [-0.2, -0.15) is 0 Å². The van der Waals surface area contributed by atoms with E-state index in [1.165, 1.54) is 38.8 Å². The molecule has 3 aliphatic rings. The Balaban J connectivity index is 1.38. The molecule has 5 heteroatoms. The van der Waals surface area contributed by atoms with Gasteiger partial charge in [-0.1, -0.05) is 18.2 Å². The number of carbonyl (C=O) groups is 2. The van der Waals surface area contributed by atoms with E-state index in [-0.39, 0.29) is 11.8 Å². The van der Waals surface area contributed by atoms with Crippen LogP contribution in [0.2, 0.25) is 0 Å². The number of benzene rings is 1. The highest BCUT2D eigenvalue weighted by molar-refractivity contribution is 5.90. The lowest BCUT2D eigenvalue weighted by atomic mass is 9.69. The van der Waals surface area contributed by atoms with E-state index in [1.807, 2.05) is 30.3 Å². The van der Waals surface area contributed by atoms with Crippen LogP contribution in [0.3, 0.4) is 0 Å². The average molecular weight is 384 g/mol. The molecule has 1 N–H and O–H groups in total. The maximum absolute atomic E-state index is 12.4. The molecule has 5 nitrogen and oxygen atoms in total. The van der Waals surface area contributed by atoms with Crippen molar-refractivity contribution in [1.82, 2.24) is 9.80 Å². The normalized spacial score (nSPS) is 29.8. The lowest BCUT2D eigenvalue weighted by molar-refractivity contribution is -0.144. The molecule has 0 saturated carbocycles. The van der Waals surface area contributed by atoms with E-state index in [1.54, 1.807) is 6.92 Å². The van der Waals surface area contributed by atoms with Gasteiger partial charge >= 0.3 is 0 Å². The first-order valence-electron chi connectivity index (χ1n) is 11.0. The Labute approximate surface area is 168 Å². The van der Waals surface area contributed by atoms with Gasteiger partial charge in [0, 0.05) is 37.7 Å². The SMILES string of the molecule is CC(=O)N1C[C@@H]2CCCN3CCC[C@@H]([C@H]23)[C@H]1CCCC(=O)Nc1ccccc1. The van der Waals surface area contributed by atoms with Crippen LogP contribution in [0.5, 0.6) is 0 Å². The van der Waals surface area contributed by atoms with Crippen LogP contribution in [0.15, 0.2) is 30.3 Å². The first-order valence-corrected chi connectivity index (χ1v) is 11.0. The van der Waals surface area contributed by atoms with Gasteiger partial charge in [-0.25, -0.2) is 0 Å². The van der Waals surface area contributed by atoms with Crippen LogP contribution in [0.25, 0.3) is 0 Å². The number of likely N-dealkylation sites (tertiary alicyclic amines) is 1. The van der Waals surface area contributed by atoms with Crippen molar-refractivity contribution >= 4 is 17.5 Å². The predicted molar refractivity (Wildman–Crippen MR) is 111 cm³/mol. The number of nitrogens with one attached hydrogen (secondary N) is 1. The summed E-state index contributed by atoms with van der Waals surface area (Å²) in [5.74, 6) is 1.49. The highest BCUT2D eigenvalue weighted by Gasteiger charge is 2.48. The number of rotatable bonds is 5. The molecule has 3 saturated heterocycles. The van der Waals surface area contributed by atoms with Crippen molar-refractivity contribution < 1.29 is 9.59 Å². The van der Waals surface area contributed by atoms with Gasteiger partial charge in [0.15, 0.2) is 0 Å². The molecular weight excluding hydrogens is 350 g/mol. The molecule has 3 fully saturated rings. The number of carbonyl (C=O) groups excluding carboxylic acids is 2. The summed E-state index contributed by atoms with van der Waals surface area (Å²) >= 11 is 0. The summed E-state index contributed by atoms with van der Waals surface area (Å²) in [4.78, 5) is 29.6. The Morgan fingerprint density at radius 1 is 1.11 bits per heavy atom. The summed E-state index contributed by atoms with van der Waals surface area (Å²) in [6.07, 6.45) is 7.27. The van der Waals surface area contributed by atoms with Crippen molar-refractivity contribution in [2.45, 2.75) is 64.0 Å². The summed E-state index contributed by atoms with van der Waals surface area (Å²) in [5.41, 5.74) is 0.850. The highest BCUT2D eigenvalue weighted by Crippen LogP contribution is 2.43. The molecule has 2 amide bonds. The van der Waals surface area contributed by atoms with E-state index in [0.29, 0.717) is 30.3 Å². The van der Waals surface area contributed by atoms with E-state index in [2.05, 4.69) is 15.1 Å². The van der Waals surface area contributed by atoms with Gasteiger partial charge in [-0.05, 0) is 75.6 Å². The summed E-state index contributed by atoms with van der Waals surface area (Å²) in [5, 5.41) is 2.97. The second-order valence-corrected chi connectivity index (χ2v) is 8.78. The third-order valence-corrected chi connectivity index (χ3v) is 7.04. The monoisotopic (exact) mass is 383 g/mol. The van der Waals surface area contributed by atoms with E-state index in [0.717, 1.165) is 25.1 Å². The number of para-hydroxylation sites is 1. The van der Waals surface area contributed by atoms with Crippen LogP contribution < -0.4 is 5.32 Å². The quantitative estimate of drug-likeness (QED) is 0.846. The van der Waals surface area contributed by atoms with Crippen LogP contribution >= 0.6 is 0 Å². The van der Waals surface area contributed by atoms with Crippen molar-refractivity contribution in [3.05, 3.63) is 30.3 Å². The minimum Gasteiger partial charge on any atom is -0.339 e. The Hall–Kier alpha value is -1.88. The minimum atomic E-state index is 0.0669. The molecule has 0 aliphatic carbocycles. The smallest absolute Gasteiger partial charge is 0.224 e. The van der Waals surface area contributed by atoms with Crippen molar-refractivity contribution in [3.8, 4) is 0 Å². The van der Waals surface area contributed by atoms with E-state index < -0.39 is 0 Å². The van der Waals surface area contributed by atoms with Crippen LogP contribution in [-0.4, -0.2) is 53.3 Å². The maximum atomic E-state index is 12.4. The Morgan fingerprint density at radius 3 is 2.61 bits per heavy atom. The second-order valence-electron chi connectivity index (χ2n) is 8.78. The number of anilines is 1. The van der Waals surface area contributed by atoms with Crippen LogP contribution in [0, 0.1) is 11.8 Å². The molecule has 0 aromatic heterocycles. The molecule has 3 heterocycles. The zero-order valence-electron chi connectivity index (χ0n) is 17.0. The van der Waals surface area contributed by atoms with Crippen LogP contribution in [0.1, 0.15) is 51.9 Å². The lowest BCUT2D eigenvalue weighted by Gasteiger charge is -2.57. The first-order chi connectivity index (χ1) is 13.6. The molecule has 28 heavy (non-hydrogen) atoms. The number of amides is 2. The molecule has 4 atom stereocenters. The standard InChI is InChI=1S/C23H33N3O2/c1-17(27)26-16-18-8-6-14-25-15-7-11-20(23(18)25)21(26)12-5-13-22(28)24-19-9-3-2-4-10-19/h2-4,9-10,18,20-21,23H,5-8,11-16H2,1H3,(H,24,28)/t18-,20+,21+,23-/m0/s1. The van der Waals surface area contributed by atoms with Crippen molar-refractivity contribution in [2.75, 3.05) is 25.0 Å². The molecular formula is C23H33N3O2. The predicted octanol–water partition coefficient (Wildman–Crippen LogP) is 3.52. The van der Waals surface area contributed by atoms with Crippen molar-refractivity contribution in [1.29, 1.82) is 0 Å².